The average molecular weight is 565 g/mol. The molecule has 1 rings (SSSR count). The number of ether oxygens (including phenoxy) is 1. The molecule has 0 aromatic heterocycles. The van der Waals surface area contributed by atoms with Crippen molar-refractivity contribution in [3.63, 3.8) is 0 Å². The van der Waals surface area contributed by atoms with E-state index in [-0.39, 0.29) is 17.1 Å². The van der Waals surface area contributed by atoms with Gasteiger partial charge in [0.05, 0.1) is 11.3 Å². The van der Waals surface area contributed by atoms with E-state index in [0.717, 1.165) is 12.8 Å². The van der Waals surface area contributed by atoms with Gasteiger partial charge in [0.2, 0.25) is 0 Å². The molecule has 1 aromatic rings. The fourth-order valence-electron chi connectivity index (χ4n) is 4.84. The van der Waals surface area contributed by atoms with Crippen molar-refractivity contribution in [1.82, 2.24) is 0 Å². The Labute approximate surface area is 239 Å². The van der Waals surface area contributed by atoms with E-state index in [1.807, 2.05) is 12.2 Å². The van der Waals surface area contributed by atoms with Gasteiger partial charge in [0.15, 0.2) is 0 Å². The molecule has 1 N–H and O–H groups in total. The van der Waals surface area contributed by atoms with Crippen LogP contribution in [-0.2, 0) is 14.9 Å². The van der Waals surface area contributed by atoms with Gasteiger partial charge in [-0.05, 0) is 37.1 Å². The molecule has 0 spiro atoms. The molecule has 0 aliphatic rings. The lowest BCUT2D eigenvalue weighted by atomic mass is 10.0. The Hall–Kier alpha value is -1.66. The first kappa shape index (κ1) is 35.4. The maximum atomic E-state index is 11.9. The Kier molecular flexibility index (Phi) is 21.9. The highest BCUT2D eigenvalue weighted by molar-refractivity contribution is 7.85. The van der Waals surface area contributed by atoms with Crippen molar-refractivity contribution in [2.45, 2.75) is 159 Å². The maximum absolute atomic E-state index is 11.9. The van der Waals surface area contributed by atoms with Gasteiger partial charge >= 0.3 is 5.97 Å². The predicted molar refractivity (Wildman–Crippen MR) is 163 cm³/mol. The topological polar surface area (TPSA) is 80.7 Å². The molecule has 1 aromatic carbocycles. The summed E-state index contributed by atoms with van der Waals surface area (Å²) in [5.74, 6) is -0.144. The summed E-state index contributed by atoms with van der Waals surface area (Å²) in [5, 5.41) is 0. The van der Waals surface area contributed by atoms with Crippen LogP contribution in [0.1, 0.15) is 155 Å². The number of carbonyl (C=O) groups is 1. The third kappa shape index (κ3) is 21.8. The summed E-state index contributed by atoms with van der Waals surface area (Å²) in [4.78, 5) is 11.6. The number of allylic oxidation sites excluding steroid dienone is 1. The van der Waals surface area contributed by atoms with Crippen molar-refractivity contribution in [2.75, 3.05) is 0 Å². The SMILES string of the molecule is CCCCCCCCCCCCCCCCCCCCCCCC=CCC(=O)Oc1ccc(S(=O)(=O)O)cc1. The molecule has 39 heavy (non-hydrogen) atoms. The van der Waals surface area contributed by atoms with E-state index >= 15 is 0 Å². The van der Waals surface area contributed by atoms with Gasteiger partial charge in [0.25, 0.3) is 10.1 Å². The van der Waals surface area contributed by atoms with E-state index in [1.54, 1.807) is 0 Å². The third-order valence-electron chi connectivity index (χ3n) is 7.28. The molecule has 0 bridgehead atoms. The normalized spacial score (nSPS) is 11.8. The molecule has 0 aliphatic heterocycles. The van der Waals surface area contributed by atoms with Crippen molar-refractivity contribution in [2.24, 2.45) is 0 Å². The van der Waals surface area contributed by atoms with Gasteiger partial charge in [0, 0.05) is 0 Å². The van der Waals surface area contributed by atoms with E-state index in [2.05, 4.69) is 6.92 Å². The Bertz CT molecular complexity index is 845. The van der Waals surface area contributed by atoms with Crippen LogP contribution >= 0.6 is 0 Å². The molecule has 224 valence electrons. The second-order valence-electron chi connectivity index (χ2n) is 11.0. The first-order valence-corrected chi connectivity index (χ1v) is 17.3. The number of benzene rings is 1. The van der Waals surface area contributed by atoms with Gasteiger partial charge in [-0.15, -0.1) is 0 Å². The van der Waals surface area contributed by atoms with Crippen molar-refractivity contribution < 1.29 is 22.5 Å². The highest BCUT2D eigenvalue weighted by atomic mass is 32.2. The number of hydrogen-bond donors (Lipinski definition) is 1. The first-order chi connectivity index (χ1) is 18.9. The zero-order chi connectivity index (χ0) is 28.4. The van der Waals surface area contributed by atoms with Gasteiger partial charge in [-0.25, -0.2) is 0 Å². The number of esters is 1. The Morgan fingerprint density at radius 1 is 0.641 bits per heavy atom. The van der Waals surface area contributed by atoms with Crippen LogP contribution < -0.4 is 4.74 Å². The summed E-state index contributed by atoms with van der Waals surface area (Å²) in [7, 11) is -4.24. The number of unbranched alkanes of at least 4 members (excludes halogenated alkanes) is 21. The summed E-state index contributed by atoms with van der Waals surface area (Å²) in [6.45, 7) is 2.28. The van der Waals surface area contributed by atoms with Gasteiger partial charge < -0.3 is 4.74 Å². The van der Waals surface area contributed by atoms with Crippen molar-refractivity contribution in [1.29, 1.82) is 0 Å². The van der Waals surface area contributed by atoms with Gasteiger partial charge in [-0.3, -0.25) is 9.35 Å². The third-order valence-corrected chi connectivity index (χ3v) is 8.15. The summed E-state index contributed by atoms with van der Waals surface area (Å²) >= 11 is 0. The van der Waals surface area contributed by atoms with Crippen molar-refractivity contribution in [3.05, 3.63) is 36.4 Å². The van der Waals surface area contributed by atoms with E-state index in [4.69, 9.17) is 9.29 Å². The molecule has 6 heteroatoms. The molecular weight excluding hydrogens is 508 g/mol. The fraction of sp³-hybridized carbons (Fsp3) is 0.727. The lowest BCUT2D eigenvalue weighted by Crippen LogP contribution is -2.06. The minimum absolute atomic E-state index is 0.180. The molecule has 0 unspecified atom stereocenters. The second kappa shape index (κ2) is 24.2. The lowest BCUT2D eigenvalue weighted by molar-refractivity contribution is -0.133. The number of rotatable bonds is 26. The quantitative estimate of drug-likeness (QED) is 0.0398. The van der Waals surface area contributed by atoms with E-state index in [1.165, 1.54) is 153 Å². The zero-order valence-electron chi connectivity index (χ0n) is 24.7. The second-order valence-corrected chi connectivity index (χ2v) is 12.4. The molecule has 0 radical (unpaired) electrons. The first-order valence-electron chi connectivity index (χ1n) is 15.9. The van der Waals surface area contributed by atoms with Crippen LogP contribution in [0.3, 0.4) is 0 Å². The number of hydrogen-bond acceptors (Lipinski definition) is 4. The molecule has 0 fully saturated rings. The molecule has 0 heterocycles. The smallest absolute Gasteiger partial charge is 0.315 e. The Morgan fingerprint density at radius 3 is 1.41 bits per heavy atom. The molecular formula is C33H56O5S. The Morgan fingerprint density at radius 2 is 1.03 bits per heavy atom. The fourth-order valence-corrected chi connectivity index (χ4v) is 5.32. The summed E-state index contributed by atoms with van der Waals surface area (Å²) in [5.41, 5.74) is 0. The molecule has 0 amide bonds. The van der Waals surface area contributed by atoms with Crippen molar-refractivity contribution >= 4 is 16.1 Å². The number of carbonyl (C=O) groups excluding carboxylic acids is 1. The van der Waals surface area contributed by atoms with Crippen LogP contribution in [0.2, 0.25) is 0 Å². The minimum Gasteiger partial charge on any atom is -0.426 e. The van der Waals surface area contributed by atoms with Gasteiger partial charge in [-0.2, -0.15) is 8.42 Å². The van der Waals surface area contributed by atoms with E-state index < -0.39 is 16.1 Å². The zero-order valence-corrected chi connectivity index (χ0v) is 25.5. The van der Waals surface area contributed by atoms with Crippen LogP contribution in [0.5, 0.6) is 5.75 Å². The Balaban J connectivity index is 1.81. The van der Waals surface area contributed by atoms with E-state index in [0.29, 0.717) is 0 Å². The highest BCUT2D eigenvalue weighted by Gasteiger charge is 2.10. The summed E-state index contributed by atoms with van der Waals surface area (Å²) < 4.78 is 36.2. The summed E-state index contributed by atoms with van der Waals surface area (Å²) in [6.07, 6.45) is 34.1. The molecule has 0 saturated carbocycles. The molecule has 0 saturated heterocycles. The van der Waals surface area contributed by atoms with E-state index in [9.17, 15) is 13.2 Å². The van der Waals surface area contributed by atoms with Gasteiger partial charge in [-0.1, -0.05) is 147 Å². The molecule has 5 nitrogen and oxygen atoms in total. The minimum atomic E-state index is -4.24. The van der Waals surface area contributed by atoms with Crippen LogP contribution in [0, 0.1) is 0 Å². The van der Waals surface area contributed by atoms with Crippen LogP contribution in [0.15, 0.2) is 41.3 Å². The maximum Gasteiger partial charge on any atom is 0.315 e. The largest absolute Gasteiger partial charge is 0.426 e. The monoisotopic (exact) mass is 564 g/mol. The van der Waals surface area contributed by atoms with Crippen LogP contribution in [0.4, 0.5) is 0 Å². The highest BCUT2D eigenvalue weighted by Crippen LogP contribution is 2.17. The average Bonchev–Trinajstić information content (AvgIpc) is 2.91. The van der Waals surface area contributed by atoms with Crippen LogP contribution in [-0.4, -0.2) is 18.9 Å². The lowest BCUT2D eigenvalue weighted by Gasteiger charge is -2.04. The van der Waals surface area contributed by atoms with Gasteiger partial charge in [0.1, 0.15) is 5.75 Å². The van der Waals surface area contributed by atoms with Crippen molar-refractivity contribution in [3.8, 4) is 5.75 Å². The van der Waals surface area contributed by atoms with Crippen LogP contribution in [0.25, 0.3) is 0 Å². The standard InChI is InChI=1S/C33H56O5S/c1-2-3-4-5-6-7-8-9-10-11-12-13-14-15-16-17-18-19-20-21-22-23-24-25-26-33(34)38-31-27-29-32(30-28-31)39(35,36)37/h24-25,27-30H,2-23,26H2,1H3,(H,35,36,37). The predicted octanol–water partition coefficient (Wildman–Crippen LogP) is 10.4. The summed E-state index contributed by atoms with van der Waals surface area (Å²) in [6, 6.07) is 5.11. The molecule has 0 atom stereocenters. The molecule has 0 aliphatic carbocycles.